The summed E-state index contributed by atoms with van der Waals surface area (Å²) in [6, 6.07) is 22.9. The van der Waals surface area contributed by atoms with Gasteiger partial charge >= 0.3 is 0 Å². The molecule has 3 rings (SSSR count). The number of carbonyl (C=O) groups is 1. The van der Waals surface area contributed by atoms with Gasteiger partial charge in [-0.05, 0) is 54.0 Å². The van der Waals surface area contributed by atoms with Crippen LogP contribution in [0.15, 0.2) is 72.1 Å². The zero-order valence-electron chi connectivity index (χ0n) is 18.6. The molecule has 0 aliphatic heterocycles. The molecular weight excluding hydrogens is 404 g/mol. The predicted octanol–water partition coefficient (Wildman–Crippen LogP) is 5.11. The fourth-order valence-corrected chi connectivity index (χ4v) is 4.42. The molecule has 4 nitrogen and oxygen atoms in total. The number of nitrogens with zero attached hydrogens (tertiary/aromatic N) is 1. The van der Waals surface area contributed by atoms with E-state index in [1.165, 1.54) is 16.0 Å². The average Bonchev–Trinajstić information content (AvgIpc) is 3.31. The second kappa shape index (κ2) is 11.7. The van der Waals surface area contributed by atoms with Gasteiger partial charge in [0.25, 0.3) is 0 Å². The maximum Gasteiger partial charge on any atom is 0.234 e. The van der Waals surface area contributed by atoms with E-state index in [0.717, 1.165) is 18.7 Å². The normalized spacial score (nSPS) is 13.0. The van der Waals surface area contributed by atoms with Crippen molar-refractivity contribution in [3.63, 3.8) is 0 Å². The third-order valence-electron chi connectivity index (χ3n) is 5.57. The van der Waals surface area contributed by atoms with Crippen LogP contribution >= 0.6 is 11.3 Å². The van der Waals surface area contributed by atoms with E-state index in [1.54, 1.807) is 18.4 Å². The first-order valence-electron chi connectivity index (χ1n) is 10.8. The number of hydrogen-bond acceptors (Lipinski definition) is 4. The molecule has 0 bridgehead atoms. The summed E-state index contributed by atoms with van der Waals surface area (Å²) in [6.07, 6.45) is 0.932. The first-order valence-corrected chi connectivity index (χ1v) is 11.6. The van der Waals surface area contributed by atoms with Crippen molar-refractivity contribution in [3.8, 4) is 5.75 Å². The lowest BCUT2D eigenvalue weighted by Gasteiger charge is -2.29. The highest BCUT2D eigenvalue weighted by Gasteiger charge is 2.19. The summed E-state index contributed by atoms with van der Waals surface area (Å²) in [5.41, 5.74) is 2.41. The van der Waals surface area contributed by atoms with Gasteiger partial charge in [0.1, 0.15) is 5.75 Å². The number of hydrogen-bond donors (Lipinski definition) is 1. The molecule has 5 heteroatoms. The van der Waals surface area contributed by atoms with E-state index in [1.807, 2.05) is 30.3 Å². The standard InChI is InChI=1S/C26H32N2O2S/c1-20(23-8-5-4-6-9-23)17-27-26(29)19-28(21(2)16-25-10-7-15-31-25)18-22-11-13-24(30-3)14-12-22/h4-15,20-21H,16-19H2,1-3H3,(H,27,29). The van der Waals surface area contributed by atoms with Gasteiger partial charge in [0.2, 0.25) is 5.91 Å². The van der Waals surface area contributed by atoms with Crippen molar-refractivity contribution < 1.29 is 9.53 Å². The van der Waals surface area contributed by atoms with Crippen molar-refractivity contribution in [2.45, 2.75) is 38.8 Å². The van der Waals surface area contributed by atoms with Crippen LogP contribution in [-0.2, 0) is 17.8 Å². The summed E-state index contributed by atoms with van der Waals surface area (Å²) in [6.45, 7) is 6.07. The van der Waals surface area contributed by atoms with Crippen LogP contribution in [-0.4, -0.2) is 37.0 Å². The summed E-state index contributed by atoms with van der Waals surface area (Å²) in [5.74, 6) is 1.19. The van der Waals surface area contributed by atoms with Gasteiger partial charge in [0.15, 0.2) is 0 Å². The molecule has 164 valence electrons. The van der Waals surface area contributed by atoms with Crippen LogP contribution in [0.5, 0.6) is 5.75 Å². The molecule has 0 aliphatic rings. The van der Waals surface area contributed by atoms with E-state index in [-0.39, 0.29) is 17.9 Å². The van der Waals surface area contributed by atoms with Gasteiger partial charge in [-0.3, -0.25) is 9.69 Å². The molecule has 3 aromatic rings. The van der Waals surface area contributed by atoms with Crippen molar-refractivity contribution in [2.75, 3.05) is 20.2 Å². The average molecular weight is 437 g/mol. The SMILES string of the molecule is COc1ccc(CN(CC(=O)NCC(C)c2ccccc2)C(C)Cc2cccs2)cc1. The molecule has 2 atom stereocenters. The maximum atomic E-state index is 12.8. The van der Waals surface area contributed by atoms with Gasteiger partial charge in [-0.15, -0.1) is 11.3 Å². The van der Waals surface area contributed by atoms with Crippen LogP contribution in [0.25, 0.3) is 0 Å². The van der Waals surface area contributed by atoms with Crippen LogP contribution in [0, 0.1) is 0 Å². The van der Waals surface area contributed by atoms with Crippen molar-refractivity contribution >= 4 is 17.2 Å². The Morgan fingerprint density at radius 3 is 2.42 bits per heavy atom. The van der Waals surface area contributed by atoms with E-state index in [9.17, 15) is 4.79 Å². The summed E-state index contributed by atoms with van der Waals surface area (Å²) in [7, 11) is 1.67. The molecule has 0 spiro atoms. The Kier molecular flexibility index (Phi) is 8.68. The molecule has 0 saturated carbocycles. The summed E-state index contributed by atoms with van der Waals surface area (Å²) < 4.78 is 5.27. The monoisotopic (exact) mass is 436 g/mol. The molecule has 1 aromatic heterocycles. The van der Waals surface area contributed by atoms with Gasteiger partial charge in [0, 0.05) is 24.0 Å². The minimum atomic E-state index is 0.0642. The van der Waals surface area contributed by atoms with E-state index in [0.29, 0.717) is 13.1 Å². The van der Waals surface area contributed by atoms with Gasteiger partial charge in [0.05, 0.1) is 13.7 Å². The second-order valence-corrected chi connectivity index (χ2v) is 9.03. The Labute approximate surface area is 189 Å². The first-order chi connectivity index (χ1) is 15.0. The molecule has 1 heterocycles. The summed E-state index contributed by atoms with van der Waals surface area (Å²) in [4.78, 5) is 16.4. The minimum absolute atomic E-state index is 0.0642. The highest BCUT2D eigenvalue weighted by atomic mass is 32.1. The lowest BCUT2D eigenvalue weighted by atomic mass is 10.0. The molecule has 0 aliphatic carbocycles. The van der Waals surface area contributed by atoms with Crippen molar-refractivity contribution in [1.82, 2.24) is 10.2 Å². The Morgan fingerprint density at radius 2 is 1.77 bits per heavy atom. The fraction of sp³-hybridized carbons (Fsp3) is 0.346. The minimum Gasteiger partial charge on any atom is -0.497 e. The Hall–Kier alpha value is -2.63. The number of nitrogens with one attached hydrogen (secondary N) is 1. The molecule has 2 unspecified atom stereocenters. The Balaban J connectivity index is 1.62. The second-order valence-electron chi connectivity index (χ2n) is 8.00. The van der Waals surface area contributed by atoms with E-state index in [2.05, 4.69) is 65.8 Å². The van der Waals surface area contributed by atoms with Gasteiger partial charge < -0.3 is 10.1 Å². The van der Waals surface area contributed by atoms with Gasteiger partial charge in [-0.1, -0.05) is 55.5 Å². The Bertz CT molecular complexity index is 910. The first kappa shape index (κ1) is 23.0. The molecule has 0 radical (unpaired) electrons. The largest absolute Gasteiger partial charge is 0.497 e. The zero-order chi connectivity index (χ0) is 22.1. The lowest BCUT2D eigenvalue weighted by Crippen LogP contribution is -2.43. The van der Waals surface area contributed by atoms with E-state index >= 15 is 0 Å². The molecule has 1 N–H and O–H groups in total. The van der Waals surface area contributed by atoms with Gasteiger partial charge in [-0.25, -0.2) is 0 Å². The number of amides is 1. The van der Waals surface area contributed by atoms with Crippen molar-refractivity contribution in [1.29, 1.82) is 0 Å². The highest BCUT2D eigenvalue weighted by Crippen LogP contribution is 2.18. The van der Waals surface area contributed by atoms with Crippen LogP contribution in [0.1, 0.15) is 35.8 Å². The highest BCUT2D eigenvalue weighted by molar-refractivity contribution is 7.09. The molecule has 0 fully saturated rings. The van der Waals surface area contributed by atoms with Crippen molar-refractivity contribution in [3.05, 3.63) is 88.1 Å². The third kappa shape index (κ3) is 7.23. The van der Waals surface area contributed by atoms with Gasteiger partial charge in [-0.2, -0.15) is 0 Å². The van der Waals surface area contributed by atoms with Crippen molar-refractivity contribution in [2.24, 2.45) is 0 Å². The van der Waals surface area contributed by atoms with Crippen LogP contribution < -0.4 is 10.1 Å². The summed E-state index contributed by atoms with van der Waals surface area (Å²) in [5, 5.41) is 5.24. The smallest absolute Gasteiger partial charge is 0.234 e. The summed E-state index contributed by atoms with van der Waals surface area (Å²) >= 11 is 1.77. The third-order valence-corrected chi connectivity index (χ3v) is 6.46. The Morgan fingerprint density at radius 1 is 1.03 bits per heavy atom. The lowest BCUT2D eigenvalue weighted by molar-refractivity contribution is -0.123. The number of carbonyl (C=O) groups excluding carboxylic acids is 1. The number of methoxy groups -OCH3 is 1. The topological polar surface area (TPSA) is 41.6 Å². The van der Waals surface area contributed by atoms with Crippen LogP contribution in [0.4, 0.5) is 0 Å². The quantitative estimate of drug-likeness (QED) is 0.454. The molecule has 2 aromatic carbocycles. The predicted molar refractivity (Wildman–Crippen MR) is 129 cm³/mol. The number of rotatable bonds is 11. The van der Waals surface area contributed by atoms with Crippen LogP contribution in [0.3, 0.4) is 0 Å². The molecule has 1 amide bonds. The number of thiophene rings is 1. The maximum absolute atomic E-state index is 12.8. The van der Waals surface area contributed by atoms with E-state index < -0.39 is 0 Å². The zero-order valence-corrected chi connectivity index (χ0v) is 19.4. The number of benzene rings is 2. The molecular formula is C26H32N2O2S. The number of ether oxygens (including phenoxy) is 1. The molecule has 31 heavy (non-hydrogen) atoms. The molecule has 0 saturated heterocycles. The fourth-order valence-electron chi connectivity index (χ4n) is 3.59. The van der Waals surface area contributed by atoms with Crippen LogP contribution in [0.2, 0.25) is 0 Å². The van der Waals surface area contributed by atoms with E-state index in [4.69, 9.17) is 4.74 Å².